The molecule has 0 radical (unpaired) electrons. The Hall–Kier alpha value is -1.86. The molecule has 0 aliphatic heterocycles. The molecule has 4 rings (SSSR count). The van der Waals surface area contributed by atoms with E-state index in [4.69, 9.17) is 4.74 Å². The van der Waals surface area contributed by atoms with Crippen molar-refractivity contribution in [2.24, 2.45) is 28.6 Å². The van der Waals surface area contributed by atoms with Crippen molar-refractivity contribution in [1.29, 1.82) is 0 Å². The van der Waals surface area contributed by atoms with Crippen LogP contribution in [0.1, 0.15) is 53.4 Å². The molecule has 4 aliphatic carbocycles. The minimum absolute atomic E-state index is 0.0826. The van der Waals surface area contributed by atoms with E-state index in [-0.39, 0.29) is 24.5 Å². The first-order chi connectivity index (χ1) is 14.3. The van der Waals surface area contributed by atoms with Gasteiger partial charge >= 0.3 is 5.97 Å². The van der Waals surface area contributed by atoms with Crippen molar-refractivity contribution in [3.8, 4) is 0 Å². The van der Waals surface area contributed by atoms with E-state index in [1.54, 1.807) is 26.8 Å². The van der Waals surface area contributed by atoms with Gasteiger partial charge in [0.2, 0.25) is 5.78 Å². The van der Waals surface area contributed by atoms with Crippen LogP contribution in [0, 0.1) is 28.6 Å². The maximum absolute atomic E-state index is 17.0. The van der Waals surface area contributed by atoms with Gasteiger partial charge in [-0.05, 0) is 44.1 Å². The van der Waals surface area contributed by atoms with Crippen molar-refractivity contribution in [2.45, 2.75) is 70.8 Å². The van der Waals surface area contributed by atoms with E-state index in [9.17, 15) is 24.6 Å². The maximum atomic E-state index is 17.0. The largest absolute Gasteiger partial charge is 0.458 e. The summed E-state index contributed by atoms with van der Waals surface area (Å²) in [4.78, 5) is 36.2. The number of alkyl halides is 1. The number of fused-ring (bicyclic) bond motifs is 5. The van der Waals surface area contributed by atoms with Crippen molar-refractivity contribution in [2.75, 3.05) is 6.61 Å². The van der Waals surface area contributed by atoms with Gasteiger partial charge in [0.25, 0.3) is 0 Å². The predicted molar refractivity (Wildman–Crippen MR) is 109 cm³/mol. The highest BCUT2D eigenvalue weighted by atomic mass is 19.1. The SMILES string of the molecule is CC(=O)OCC(=O)[C@@]1(O)[C@@H](C)C[C@H]2[C@@H]3CC=C4CC(=O)C=C[C@]4(C)[C@@]3(F)[C@@H](O)C[C@@]21C. The molecule has 0 aromatic carbocycles. The molecule has 31 heavy (non-hydrogen) atoms. The number of ether oxygens (including phenoxy) is 1. The van der Waals surface area contributed by atoms with Crippen LogP contribution in [0.2, 0.25) is 0 Å². The van der Waals surface area contributed by atoms with E-state index in [0.29, 0.717) is 18.4 Å². The summed E-state index contributed by atoms with van der Waals surface area (Å²) in [6.07, 6.45) is 4.26. The van der Waals surface area contributed by atoms with Crippen molar-refractivity contribution in [1.82, 2.24) is 0 Å². The summed E-state index contributed by atoms with van der Waals surface area (Å²) in [6, 6.07) is 0. The van der Waals surface area contributed by atoms with Crippen LogP contribution in [-0.2, 0) is 19.1 Å². The monoisotopic (exact) mass is 434 g/mol. The molecule has 8 atom stereocenters. The summed E-state index contributed by atoms with van der Waals surface area (Å²) in [7, 11) is 0. The van der Waals surface area contributed by atoms with Crippen molar-refractivity contribution in [3.05, 3.63) is 23.8 Å². The highest BCUT2D eigenvalue weighted by Gasteiger charge is 2.75. The normalized spacial score (nSPS) is 48.4. The van der Waals surface area contributed by atoms with Gasteiger partial charge in [-0.2, -0.15) is 0 Å². The number of carbonyl (C=O) groups is 3. The van der Waals surface area contributed by atoms with E-state index in [1.807, 2.05) is 6.08 Å². The predicted octanol–water partition coefficient (Wildman–Crippen LogP) is 2.47. The van der Waals surface area contributed by atoms with E-state index in [1.165, 1.54) is 13.0 Å². The van der Waals surface area contributed by atoms with Crippen molar-refractivity contribution in [3.63, 3.8) is 0 Å². The molecule has 0 aromatic heterocycles. The zero-order valence-corrected chi connectivity index (χ0v) is 18.5. The van der Waals surface area contributed by atoms with Crippen LogP contribution in [0.25, 0.3) is 0 Å². The highest BCUT2D eigenvalue weighted by molar-refractivity contribution is 5.94. The van der Waals surface area contributed by atoms with Crippen LogP contribution in [0.3, 0.4) is 0 Å². The van der Waals surface area contributed by atoms with Crippen LogP contribution < -0.4 is 0 Å². The molecular weight excluding hydrogens is 403 g/mol. The number of esters is 1. The first-order valence-electron chi connectivity index (χ1n) is 11.0. The third-order valence-corrected chi connectivity index (χ3v) is 9.02. The van der Waals surface area contributed by atoms with Crippen LogP contribution in [0.5, 0.6) is 0 Å². The third kappa shape index (κ3) is 2.65. The van der Waals surface area contributed by atoms with Crippen LogP contribution in [0.15, 0.2) is 23.8 Å². The number of hydrogen-bond donors (Lipinski definition) is 2. The Morgan fingerprint density at radius 1 is 1.29 bits per heavy atom. The number of halogens is 1. The zero-order valence-electron chi connectivity index (χ0n) is 18.5. The molecule has 2 N–H and O–H groups in total. The van der Waals surface area contributed by atoms with E-state index < -0.39 is 58.4 Å². The first-order valence-corrected chi connectivity index (χ1v) is 11.0. The second-order valence-corrected chi connectivity index (χ2v) is 10.4. The van der Waals surface area contributed by atoms with Gasteiger partial charge in [0.1, 0.15) is 5.60 Å². The van der Waals surface area contributed by atoms with Gasteiger partial charge in [-0.1, -0.05) is 31.6 Å². The Morgan fingerprint density at radius 3 is 2.61 bits per heavy atom. The summed E-state index contributed by atoms with van der Waals surface area (Å²) in [5.74, 6) is -2.77. The molecule has 0 saturated heterocycles. The summed E-state index contributed by atoms with van der Waals surface area (Å²) < 4.78 is 21.9. The van der Waals surface area contributed by atoms with Crippen LogP contribution >= 0.6 is 0 Å². The molecule has 0 spiro atoms. The fourth-order valence-electron chi connectivity index (χ4n) is 7.32. The molecule has 0 bridgehead atoms. The standard InChI is InChI=1S/C24H31FO6/c1-13-9-18-17-6-5-15-10-16(27)7-8-21(15,3)23(17,25)19(28)11-22(18,4)24(13,30)20(29)12-31-14(2)26/h5,7-8,13,17-19,28,30H,6,9-12H2,1-4H3/t13-,17-,18-,19-,21-,22-,23-,24-/m0/s1. The summed E-state index contributed by atoms with van der Waals surface area (Å²) in [5.41, 5.74) is -5.34. The van der Waals surface area contributed by atoms with Crippen molar-refractivity contribution < 1.29 is 33.7 Å². The smallest absolute Gasteiger partial charge is 0.303 e. The molecule has 0 heterocycles. The van der Waals surface area contributed by atoms with Gasteiger partial charge in [-0.25, -0.2) is 4.39 Å². The van der Waals surface area contributed by atoms with Gasteiger partial charge in [0.15, 0.2) is 18.1 Å². The number of carbonyl (C=O) groups excluding carboxylic acids is 3. The number of ketones is 2. The topological polar surface area (TPSA) is 101 Å². The summed E-state index contributed by atoms with van der Waals surface area (Å²) >= 11 is 0. The van der Waals surface area contributed by atoms with Gasteiger partial charge in [-0.15, -0.1) is 0 Å². The lowest BCUT2D eigenvalue weighted by Gasteiger charge is -2.62. The Kier molecular flexibility index (Phi) is 4.91. The van der Waals surface area contributed by atoms with Crippen LogP contribution in [-0.4, -0.2) is 51.7 Å². The van der Waals surface area contributed by atoms with Gasteiger partial charge < -0.3 is 14.9 Å². The first kappa shape index (κ1) is 22.3. The minimum atomic E-state index is -2.01. The summed E-state index contributed by atoms with van der Waals surface area (Å²) in [6.45, 7) is 5.88. The number of aliphatic hydroxyl groups excluding tert-OH is 1. The maximum Gasteiger partial charge on any atom is 0.303 e. The van der Waals surface area contributed by atoms with E-state index in [0.717, 1.165) is 0 Å². The lowest BCUT2D eigenvalue weighted by atomic mass is 9.45. The fourth-order valence-corrected chi connectivity index (χ4v) is 7.32. The van der Waals surface area contributed by atoms with Crippen molar-refractivity contribution >= 4 is 17.5 Å². The zero-order chi connectivity index (χ0) is 23.0. The highest BCUT2D eigenvalue weighted by Crippen LogP contribution is 2.70. The number of hydrogen-bond acceptors (Lipinski definition) is 6. The van der Waals surface area contributed by atoms with Crippen LogP contribution in [0.4, 0.5) is 4.39 Å². The average Bonchev–Trinajstić information content (AvgIpc) is 2.89. The molecule has 2 fully saturated rings. The lowest BCUT2D eigenvalue weighted by molar-refractivity contribution is -0.215. The number of allylic oxidation sites excluding steroid dienone is 4. The molecule has 2 saturated carbocycles. The Morgan fingerprint density at radius 2 is 1.97 bits per heavy atom. The minimum Gasteiger partial charge on any atom is -0.458 e. The molecule has 7 heteroatoms. The van der Waals surface area contributed by atoms with E-state index in [2.05, 4.69) is 0 Å². The lowest BCUT2D eigenvalue weighted by Crippen LogP contribution is -2.69. The molecule has 4 aliphatic rings. The summed E-state index contributed by atoms with van der Waals surface area (Å²) in [5, 5.41) is 22.9. The molecular formula is C24H31FO6. The Bertz CT molecular complexity index is 910. The second kappa shape index (κ2) is 6.82. The Labute approximate surface area is 181 Å². The third-order valence-electron chi connectivity index (χ3n) is 9.02. The average molecular weight is 435 g/mol. The fraction of sp³-hybridized carbons (Fsp3) is 0.708. The number of Topliss-reactive ketones (excluding diaryl/α,β-unsaturated/α-hetero) is 1. The molecule has 6 nitrogen and oxygen atoms in total. The molecule has 0 aromatic rings. The quantitative estimate of drug-likeness (QED) is 0.523. The second-order valence-electron chi connectivity index (χ2n) is 10.4. The molecule has 0 unspecified atom stereocenters. The number of rotatable bonds is 3. The molecule has 170 valence electrons. The van der Waals surface area contributed by atoms with E-state index >= 15 is 4.39 Å². The molecule has 0 amide bonds. The Balaban J connectivity index is 1.77. The van der Waals surface area contributed by atoms with Gasteiger partial charge in [-0.3, -0.25) is 14.4 Å². The van der Waals surface area contributed by atoms with Gasteiger partial charge in [0, 0.05) is 30.1 Å². The van der Waals surface area contributed by atoms with Gasteiger partial charge in [0.05, 0.1) is 6.10 Å². The number of aliphatic hydroxyl groups is 2.